The number of ketones is 2. The first kappa shape index (κ1) is 22.8. The van der Waals surface area contributed by atoms with Crippen molar-refractivity contribution in [2.75, 3.05) is 14.1 Å². The van der Waals surface area contributed by atoms with E-state index in [0.29, 0.717) is 0 Å². The number of Topliss-reactive ketones (excluding diaryl/α,β-unsaturated/α-hetero) is 2. The average molecular weight is 460 g/mol. The monoisotopic (exact) mass is 460 g/mol. The molecule has 3 aliphatic carbocycles. The molecular weight excluding hydrogens is 436 g/mol. The van der Waals surface area contributed by atoms with E-state index in [-0.39, 0.29) is 16.9 Å². The van der Waals surface area contributed by atoms with Crippen molar-refractivity contribution in [3.8, 4) is 11.5 Å². The van der Waals surface area contributed by atoms with Crippen molar-refractivity contribution < 1.29 is 45.0 Å². The van der Waals surface area contributed by atoms with Crippen molar-refractivity contribution in [2.45, 2.75) is 30.6 Å². The number of hydrogen-bond acceptors (Lipinski definition) is 10. The van der Waals surface area contributed by atoms with E-state index in [9.17, 15) is 45.0 Å². The number of rotatable bonds is 2. The number of phenolic OH excluding ortho intramolecular Hbond substituents is 2. The van der Waals surface area contributed by atoms with Gasteiger partial charge in [0, 0.05) is 17.6 Å². The molecule has 0 bridgehead atoms. The van der Waals surface area contributed by atoms with E-state index in [2.05, 4.69) is 0 Å². The van der Waals surface area contributed by atoms with Gasteiger partial charge < -0.3 is 36.4 Å². The van der Waals surface area contributed by atoms with E-state index in [1.807, 2.05) is 0 Å². The number of aliphatic hydroxyl groups excluding tert-OH is 3. The van der Waals surface area contributed by atoms with Crippen molar-refractivity contribution in [1.29, 1.82) is 0 Å². The van der Waals surface area contributed by atoms with Gasteiger partial charge in [0.15, 0.2) is 11.4 Å². The maximum absolute atomic E-state index is 13.7. The summed E-state index contributed by atoms with van der Waals surface area (Å²) in [5, 5.41) is 64.9. The third-order valence-electron chi connectivity index (χ3n) is 7.05. The maximum Gasteiger partial charge on any atom is 0.255 e. The Kier molecular flexibility index (Phi) is 4.86. The van der Waals surface area contributed by atoms with E-state index in [1.54, 1.807) is 6.92 Å². The van der Waals surface area contributed by atoms with Crippen molar-refractivity contribution in [2.24, 2.45) is 17.6 Å². The smallest absolute Gasteiger partial charge is 0.255 e. The van der Waals surface area contributed by atoms with E-state index in [0.717, 1.165) is 6.07 Å². The molecule has 1 amide bonds. The van der Waals surface area contributed by atoms with Crippen LogP contribution < -0.4 is 5.73 Å². The van der Waals surface area contributed by atoms with E-state index < -0.39 is 81.4 Å². The van der Waals surface area contributed by atoms with Crippen LogP contribution in [0, 0.1) is 11.8 Å². The lowest BCUT2D eigenvalue weighted by Gasteiger charge is -2.53. The summed E-state index contributed by atoms with van der Waals surface area (Å²) >= 11 is 0. The van der Waals surface area contributed by atoms with Gasteiger partial charge >= 0.3 is 0 Å². The fourth-order valence-electron chi connectivity index (χ4n) is 5.63. The molecule has 0 radical (unpaired) electrons. The second-order valence-electron chi connectivity index (χ2n) is 8.98. The second kappa shape index (κ2) is 7.04. The number of amides is 1. The molecule has 33 heavy (non-hydrogen) atoms. The first-order valence-electron chi connectivity index (χ1n) is 10.1. The summed E-state index contributed by atoms with van der Waals surface area (Å²) in [6.07, 6.45) is -1.68. The molecule has 1 aromatic carbocycles. The summed E-state index contributed by atoms with van der Waals surface area (Å²) in [4.78, 5) is 40.0. The summed E-state index contributed by atoms with van der Waals surface area (Å²) in [6, 6.07) is 0.804. The fourth-order valence-corrected chi connectivity index (χ4v) is 5.63. The number of benzene rings is 1. The molecule has 0 saturated heterocycles. The number of carbonyl (C=O) groups excluding carboxylic acids is 3. The Hall–Kier alpha value is -3.41. The number of aromatic hydroxyl groups is 2. The number of likely N-dealkylation sites (N-methyl/N-ethyl adjacent to an activating group) is 1. The van der Waals surface area contributed by atoms with Crippen molar-refractivity contribution in [1.82, 2.24) is 4.90 Å². The predicted octanol–water partition coefficient (Wildman–Crippen LogP) is -0.799. The molecule has 11 heteroatoms. The Morgan fingerprint density at radius 3 is 2.27 bits per heavy atom. The number of hydrogen-bond donors (Lipinski definition) is 7. The Morgan fingerprint density at radius 2 is 1.73 bits per heavy atom. The zero-order chi connectivity index (χ0) is 24.7. The van der Waals surface area contributed by atoms with Gasteiger partial charge in [-0.3, -0.25) is 19.3 Å². The molecule has 11 nitrogen and oxygen atoms in total. The molecule has 0 unspecified atom stereocenters. The minimum Gasteiger partial charge on any atom is -0.508 e. The van der Waals surface area contributed by atoms with Gasteiger partial charge in [0.25, 0.3) is 5.91 Å². The second-order valence-corrected chi connectivity index (χ2v) is 8.98. The quantitative estimate of drug-likeness (QED) is 0.274. The highest BCUT2D eigenvalue weighted by atomic mass is 16.4. The van der Waals surface area contributed by atoms with Crippen LogP contribution in [0.1, 0.15) is 24.0 Å². The molecular formula is C22H24N2O9. The first-order valence-corrected chi connectivity index (χ1v) is 10.1. The number of carbonyl (C=O) groups is 3. The largest absolute Gasteiger partial charge is 0.508 e. The molecule has 0 heterocycles. The van der Waals surface area contributed by atoms with Crippen LogP contribution in [0.4, 0.5) is 0 Å². The van der Waals surface area contributed by atoms with Gasteiger partial charge in [-0.05, 0) is 31.6 Å². The Bertz CT molecular complexity index is 1180. The SMILES string of the molecule is C[C@H]1c2cc(O)cc(O)c2C(O)=C2C(=O)[C@]3(O)C(O)=C(C(N)=O)C(=O)[C@@H](N(C)C)[C@@H]3[C@@H](O)[C@@H]21. The highest BCUT2D eigenvalue weighted by Gasteiger charge is 2.68. The van der Waals surface area contributed by atoms with E-state index >= 15 is 0 Å². The van der Waals surface area contributed by atoms with Gasteiger partial charge in [-0.2, -0.15) is 0 Å². The third-order valence-corrected chi connectivity index (χ3v) is 7.05. The molecule has 6 atom stereocenters. The molecule has 4 rings (SSSR count). The van der Waals surface area contributed by atoms with Crippen LogP contribution in [-0.4, -0.2) is 84.9 Å². The lowest BCUT2D eigenvalue weighted by Crippen LogP contribution is -2.70. The number of aliphatic hydroxyl groups is 4. The highest BCUT2D eigenvalue weighted by molar-refractivity contribution is 6.24. The number of primary amides is 1. The normalized spacial score (nSPS) is 33.7. The topological polar surface area (TPSA) is 202 Å². The van der Waals surface area contributed by atoms with Crippen molar-refractivity contribution in [3.05, 3.63) is 40.2 Å². The molecule has 3 aliphatic rings. The number of nitrogens with two attached hydrogens (primary N) is 1. The van der Waals surface area contributed by atoms with Crippen LogP contribution in [-0.2, 0) is 14.4 Å². The summed E-state index contributed by atoms with van der Waals surface area (Å²) in [7, 11) is 2.86. The van der Waals surface area contributed by atoms with Crippen LogP contribution in [0.5, 0.6) is 11.5 Å². The van der Waals surface area contributed by atoms with Gasteiger partial charge in [0.05, 0.1) is 23.6 Å². The number of fused-ring (bicyclic) bond motifs is 3. The third kappa shape index (κ3) is 2.70. The van der Waals surface area contributed by atoms with Gasteiger partial charge in [0.2, 0.25) is 5.78 Å². The molecule has 1 aromatic rings. The van der Waals surface area contributed by atoms with Crippen LogP contribution >= 0.6 is 0 Å². The van der Waals surface area contributed by atoms with Crippen molar-refractivity contribution in [3.63, 3.8) is 0 Å². The van der Waals surface area contributed by atoms with Gasteiger partial charge in [0.1, 0.15) is 28.6 Å². The summed E-state index contributed by atoms with van der Waals surface area (Å²) in [5.74, 6) is -10.0. The van der Waals surface area contributed by atoms with E-state index in [4.69, 9.17) is 5.73 Å². The van der Waals surface area contributed by atoms with Gasteiger partial charge in [-0.15, -0.1) is 0 Å². The van der Waals surface area contributed by atoms with Crippen LogP contribution in [0.25, 0.3) is 5.76 Å². The predicted molar refractivity (Wildman–Crippen MR) is 112 cm³/mol. The Labute approximate surface area is 187 Å². The summed E-state index contributed by atoms with van der Waals surface area (Å²) < 4.78 is 0. The zero-order valence-electron chi connectivity index (χ0n) is 18.0. The lowest BCUT2D eigenvalue weighted by atomic mass is 9.54. The van der Waals surface area contributed by atoms with Crippen LogP contribution in [0.3, 0.4) is 0 Å². The maximum atomic E-state index is 13.7. The van der Waals surface area contributed by atoms with Gasteiger partial charge in [-0.1, -0.05) is 6.92 Å². The minimum absolute atomic E-state index is 0.177. The Morgan fingerprint density at radius 1 is 1.12 bits per heavy atom. The fraction of sp³-hybridized carbons (Fsp3) is 0.409. The van der Waals surface area contributed by atoms with E-state index in [1.165, 1.54) is 25.1 Å². The van der Waals surface area contributed by atoms with Crippen molar-refractivity contribution >= 4 is 23.2 Å². The van der Waals surface area contributed by atoms with Crippen LogP contribution in [0.15, 0.2) is 29.0 Å². The molecule has 176 valence electrons. The lowest BCUT2D eigenvalue weighted by molar-refractivity contribution is -0.169. The highest BCUT2D eigenvalue weighted by Crippen LogP contribution is 2.56. The Balaban J connectivity index is 2.07. The number of nitrogens with zero attached hydrogens (tertiary/aromatic N) is 1. The molecule has 1 fully saturated rings. The van der Waals surface area contributed by atoms with Gasteiger partial charge in [-0.25, -0.2) is 0 Å². The standard InChI is InChI=1S/C22H24N2O9/c1-6-8-4-7(25)5-9(26)11(8)16(27)12-10(6)17(28)14-15(24(2)3)18(29)13(21(23)32)20(31)22(14,33)19(12)30/h4-6,10,14-15,17,25-28,31,33H,1-3H3,(H2,23,32)/t6-,10+,14+,15-,17-,22-/m0/s1. The zero-order valence-corrected chi connectivity index (χ0v) is 18.0. The molecule has 0 aromatic heterocycles. The number of phenols is 2. The molecule has 8 N–H and O–H groups in total. The molecule has 0 aliphatic heterocycles. The summed E-state index contributed by atoms with van der Waals surface area (Å²) in [5.41, 5.74) is 0.908. The minimum atomic E-state index is -2.95. The summed E-state index contributed by atoms with van der Waals surface area (Å²) in [6.45, 7) is 1.58. The molecule has 0 spiro atoms. The van der Waals surface area contributed by atoms with Crippen LogP contribution in [0.2, 0.25) is 0 Å². The molecule has 1 saturated carbocycles. The first-order chi connectivity index (χ1) is 15.3. The average Bonchev–Trinajstić information content (AvgIpc) is 2.70.